The molecule has 0 aliphatic carbocycles. The van der Waals surface area contributed by atoms with E-state index in [-0.39, 0.29) is 11.7 Å². The zero-order valence-corrected chi connectivity index (χ0v) is 12.6. The van der Waals surface area contributed by atoms with Gasteiger partial charge in [0.1, 0.15) is 5.75 Å². The molecule has 1 aromatic carbocycles. The van der Waals surface area contributed by atoms with E-state index < -0.39 is 21.5 Å². The van der Waals surface area contributed by atoms with Gasteiger partial charge in [0.15, 0.2) is 0 Å². The molecule has 0 aromatic heterocycles. The molecule has 0 radical (unpaired) electrons. The highest BCUT2D eigenvalue weighted by atomic mass is 35.5. The highest BCUT2D eigenvalue weighted by molar-refractivity contribution is 7.93. The second-order valence-corrected chi connectivity index (χ2v) is 7.60. The zero-order valence-electron chi connectivity index (χ0n) is 11.0. The molecule has 0 heterocycles. The third kappa shape index (κ3) is 6.07. The van der Waals surface area contributed by atoms with Crippen LogP contribution in [0.15, 0.2) is 28.6 Å². The minimum Gasteiger partial charge on any atom is -0.481 e. The van der Waals surface area contributed by atoms with Gasteiger partial charge in [-0.25, -0.2) is 8.57 Å². The van der Waals surface area contributed by atoms with Gasteiger partial charge >= 0.3 is 5.97 Å². The summed E-state index contributed by atoms with van der Waals surface area (Å²) in [5.74, 6) is -1.13. The third-order valence-electron chi connectivity index (χ3n) is 2.33. The molecule has 1 atom stereocenters. The third-order valence-corrected chi connectivity index (χ3v) is 4.68. The molecular weight excluding hydrogens is 286 g/mol. The van der Waals surface area contributed by atoms with Crippen LogP contribution in [0.25, 0.3) is 0 Å². The second kappa shape index (κ2) is 6.91. The average Bonchev–Trinajstić information content (AvgIpc) is 2.29. The van der Waals surface area contributed by atoms with E-state index in [1.54, 1.807) is 24.3 Å². The number of carboxylic acid groups (broad SMARTS) is 1. The highest BCUT2D eigenvalue weighted by Crippen LogP contribution is 2.14. The van der Waals surface area contributed by atoms with Crippen molar-refractivity contribution >= 4 is 27.3 Å². The van der Waals surface area contributed by atoms with Crippen LogP contribution >= 0.6 is 11.6 Å². The number of rotatable bonds is 6. The molecular formula is C13H18ClNO3S. The van der Waals surface area contributed by atoms with E-state index in [1.807, 2.05) is 13.8 Å². The summed E-state index contributed by atoms with van der Waals surface area (Å²) in [4.78, 5) is 10.8. The number of halogens is 1. The Kier molecular flexibility index (Phi) is 5.82. The summed E-state index contributed by atoms with van der Waals surface area (Å²) >= 11 is 5.78. The van der Waals surface area contributed by atoms with Crippen LogP contribution in [0.1, 0.15) is 19.4 Å². The van der Waals surface area contributed by atoms with Gasteiger partial charge in [0.2, 0.25) is 0 Å². The lowest BCUT2D eigenvalue weighted by molar-refractivity contribution is -0.134. The predicted octanol–water partition coefficient (Wildman–Crippen LogP) is 3.05. The Morgan fingerprint density at radius 2 is 1.95 bits per heavy atom. The second-order valence-electron chi connectivity index (χ2n) is 4.79. The number of carbonyl (C=O) groups is 1. The van der Waals surface area contributed by atoms with Crippen molar-refractivity contribution in [2.24, 2.45) is 10.3 Å². The summed E-state index contributed by atoms with van der Waals surface area (Å²) in [6.45, 7) is 4.30. The summed E-state index contributed by atoms with van der Waals surface area (Å²) < 4.78 is 16.7. The number of hydrogen-bond acceptors (Lipinski definition) is 3. The Balaban J connectivity index is 2.97. The lowest BCUT2D eigenvalue weighted by Gasteiger charge is -2.09. The van der Waals surface area contributed by atoms with Crippen LogP contribution in [-0.2, 0) is 20.3 Å². The topological polar surface area (TPSA) is 66.7 Å². The highest BCUT2D eigenvalue weighted by Gasteiger charge is 2.15. The summed E-state index contributed by atoms with van der Waals surface area (Å²) in [6.07, 6.45) is 0. The fourth-order valence-electron chi connectivity index (χ4n) is 1.46. The van der Waals surface area contributed by atoms with E-state index in [9.17, 15) is 9.00 Å². The van der Waals surface area contributed by atoms with E-state index in [0.29, 0.717) is 11.6 Å². The smallest absolute Gasteiger partial charge is 0.317 e. The van der Waals surface area contributed by atoms with Gasteiger partial charge in [-0.15, -0.1) is 0 Å². The standard InChI is InChI=1S/C13H18ClNO3S/c1-10(2)7-15-19(18,9-13(16)17)8-11-3-5-12(14)6-4-11/h3-6,10H,7-9H2,1-2H3,(H,16,17). The molecule has 0 spiro atoms. The van der Waals surface area contributed by atoms with Crippen LogP contribution in [0.2, 0.25) is 5.02 Å². The normalized spacial score (nSPS) is 14.1. The molecule has 106 valence electrons. The van der Waals surface area contributed by atoms with Crippen LogP contribution in [0, 0.1) is 5.92 Å². The summed E-state index contributed by atoms with van der Waals surface area (Å²) in [5, 5.41) is 9.47. The Morgan fingerprint density at radius 3 is 2.42 bits per heavy atom. The van der Waals surface area contributed by atoms with Gasteiger partial charge in [0, 0.05) is 5.02 Å². The molecule has 0 amide bonds. The molecule has 1 unspecified atom stereocenters. The molecule has 0 saturated carbocycles. The molecule has 0 bridgehead atoms. The van der Waals surface area contributed by atoms with Crippen LogP contribution in [-0.4, -0.2) is 27.6 Å². The summed E-state index contributed by atoms with van der Waals surface area (Å²) in [6, 6.07) is 6.88. The van der Waals surface area contributed by atoms with Crippen molar-refractivity contribution in [2.45, 2.75) is 19.6 Å². The first-order valence-corrected chi connectivity index (χ1v) is 8.18. The molecule has 1 rings (SSSR count). The van der Waals surface area contributed by atoms with Crippen LogP contribution in [0.4, 0.5) is 0 Å². The van der Waals surface area contributed by atoms with Gasteiger partial charge in [-0.3, -0.25) is 4.79 Å². The Labute approximate surface area is 119 Å². The maximum Gasteiger partial charge on any atom is 0.317 e. The van der Waals surface area contributed by atoms with Gasteiger partial charge < -0.3 is 5.11 Å². The Bertz CT molecular complexity index is 546. The van der Waals surface area contributed by atoms with Gasteiger partial charge in [0.05, 0.1) is 22.0 Å². The quantitative estimate of drug-likeness (QED) is 0.878. The number of benzene rings is 1. The summed E-state index contributed by atoms with van der Waals surface area (Å²) in [7, 11) is -2.77. The SMILES string of the molecule is CC(C)CN=S(=O)(CC(=O)O)Cc1ccc(Cl)cc1. The van der Waals surface area contributed by atoms with Crippen molar-refractivity contribution in [1.29, 1.82) is 0 Å². The van der Waals surface area contributed by atoms with Gasteiger partial charge in [-0.05, 0) is 23.6 Å². The number of aliphatic carboxylic acids is 1. The first kappa shape index (κ1) is 16.0. The average molecular weight is 304 g/mol. The maximum absolute atomic E-state index is 12.6. The molecule has 4 nitrogen and oxygen atoms in total. The molecule has 6 heteroatoms. The first-order chi connectivity index (χ1) is 8.81. The van der Waals surface area contributed by atoms with Crippen molar-refractivity contribution in [3.05, 3.63) is 34.9 Å². The summed E-state index contributed by atoms with van der Waals surface area (Å²) in [5.41, 5.74) is 0.781. The minimum atomic E-state index is -2.77. The fraction of sp³-hybridized carbons (Fsp3) is 0.462. The number of carboxylic acids is 1. The van der Waals surface area contributed by atoms with Crippen LogP contribution in [0.5, 0.6) is 0 Å². The monoisotopic (exact) mass is 303 g/mol. The van der Waals surface area contributed by atoms with Gasteiger partial charge in [0.25, 0.3) is 0 Å². The van der Waals surface area contributed by atoms with E-state index in [0.717, 1.165) is 5.56 Å². The maximum atomic E-state index is 12.6. The number of nitrogens with zero attached hydrogens (tertiary/aromatic N) is 1. The molecule has 0 saturated heterocycles. The fourth-order valence-corrected chi connectivity index (χ4v) is 3.54. The molecule has 1 aromatic rings. The van der Waals surface area contributed by atoms with Gasteiger partial charge in [-0.1, -0.05) is 37.6 Å². The largest absolute Gasteiger partial charge is 0.481 e. The predicted molar refractivity (Wildman–Crippen MR) is 77.9 cm³/mol. The van der Waals surface area contributed by atoms with E-state index in [4.69, 9.17) is 16.7 Å². The van der Waals surface area contributed by atoms with E-state index in [1.165, 1.54) is 0 Å². The van der Waals surface area contributed by atoms with Gasteiger partial charge in [-0.2, -0.15) is 0 Å². The molecule has 1 N–H and O–H groups in total. The Morgan fingerprint density at radius 1 is 1.37 bits per heavy atom. The molecule has 0 fully saturated rings. The Hall–Kier alpha value is -1.07. The molecule has 0 aliphatic heterocycles. The van der Waals surface area contributed by atoms with E-state index >= 15 is 0 Å². The van der Waals surface area contributed by atoms with Crippen molar-refractivity contribution in [2.75, 3.05) is 12.3 Å². The number of hydrogen-bond donors (Lipinski definition) is 1. The lowest BCUT2D eigenvalue weighted by Crippen LogP contribution is -2.18. The van der Waals surface area contributed by atoms with E-state index in [2.05, 4.69) is 4.36 Å². The van der Waals surface area contributed by atoms with Crippen molar-refractivity contribution < 1.29 is 14.1 Å². The molecule has 0 aliphatic rings. The first-order valence-electron chi connectivity index (χ1n) is 5.95. The van der Waals surface area contributed by atoms with Crippen LogP contribution < -0.4 is 0 Å². The van der Waals surface area contributed by atoms with Crippen LogP contribution in [0.3, 0.4) is 0 Å². The zero-order chi connectivity index (χ0) is 14.5. The van der Waals surface area contributed by atoms with Crippen molar-refractivity contribution in [3.8, 4) is 0 Å². The van der Waals surface area contributed by atoms with Crippen molar-refractivity contribution in [1.82, 2.24) is 0 Å². The minimum absolute atomic E-state index is 0.142. The molecule has 19 heavy (non-hydrogen) atoms. The lowest BCUT2D eigenvalue weighted by atomic mass is 10.2. The van der Waals surface area contributed by atoms with Crippen molar-refractivity contribution in [3.63, 3.8) is 0 Å².